The van der Waals surface area contributed by atoms with Gasteiger partial charge in [-0.3, -0.25) is 9.79 Å². The fourth-order valence-corrected chi connectivity index (χ4v) is 4.32. The number of aryl methyl sites for hydroxylation is 2. The summed E-state index contributed by atoms with van der Waals surface area (Å²) >= 11 is 1.72. The number of aromatic nitrogens is 1. The van der Waals surface area contributed by atoms with E-state index >= 15 is 0 Å². The summed E-state index contributed by atoms with van der Waals surface area (Å²) in [6.45, 7) is 6.31. The van der Waals surface area contributed by atoms with Crippen LogP contribution < -0.4 is 10.6 Å². The number of guanidine groups is 1. The molecule has 0 saturated heterocycles. The molecule has 26 heavy (non-hydrogen) atoms. The second-order valence-corrected chi connectivity index (χ2v) is 8.24. The molecule has 2 N–H and O–H groups in total. The predicted octanol–water partition coefficient (Wildman–Crippen LogP) is 2.59. The third-order valence-electron chi connectivity index (χ3n) is 4.83. The molecular formula is C19H33N5OS. The minimum atomic E-state index is -0.315. The SMILES string of the molecule is CCNC(=NCC1(C(=O)N(C)C)CCCC1)NCCCc1nc(C)cs1. The van der Waals surface area contributed by atoms with Crippen LogP contribution in [-0.2, 0) is 11.2 Å². The standard InChI is InChI=1S/C19H33N5OS/c1-5-20-18(21-12-8-9-16-23-15(2)13-26-16)22-14-19(10-6-7-11-19)17(25)24(3)4/h13H,5-12,14H2,1-4H3,(H2,20,21,22). The topological polar surface area (TPSA) is 69.6 Å². The molecular weight excluding hydrogens is 346 g/mol. The second kappa shape index (κ2) is 9.90. The summed E-state index contributed by atoms with van der Waals surface area (Å²) in [4.78, 5) is 23.6. The van der Waals surface area contributed by atoms with Crippen LogP contribution in [0, 0.1) is 12.3 Å². The minimum Gasteiger partial charge on any atom is -0.357 e. The zero-order valence-corrected chi connectivity index (χ0v) is 17.4. The number of carbonyl (C=O) groups excluding carboxylic acids is 1. The van der Waals surface area contributed by atoms with E-state index in [0.29, 0.717) is 6.54 Å². The first kappa shape index (κ1) is 20.7. The fraction of sp³-hybridized carbons (Fsp3) is 0.737. The average molecular weight is 380 g/mol. The lowest BCUT2D eigenvalue weighted by molar-refractivity contribution is -0.138. The van der Waals surface area contributed by atoms with Gasteiger partial charge in [0.15, 0.2) is 5.96 Å². The van der Waals surface area contributed by atoms with E-state index in [9.17, 15) is 4.79 Å². The summed E-state index contributed by atoms with van der Waals surface area (Å²) in [6.07, 6.45) is 6.11. The Balaban J connectivity index is 1.89. The Morgan fingerprint density at radius 2 is 2.08 bits per heavy atom. The zero-order valence-electron chi connectivity index (χ0n) is 16.6. The second-order valence-electron chi connectivity index (χ2n) is 7.30. The first-order valence-corrected chi connectivity index (χ1v) is 10.5. The van der Waals surface area contributed by atoms with Gasteiger partial charge >= 0.3 is 0 Å². The smallest absolute Gasteiger partial charge is 0.230 e. The Morgan fingerprint density at radius 1 is 1.35 bits per heavy atom. The van der Waals surface area contributed by atoms with Crippen molar-refractivity contribution in [1.82, 2.24) is 20.5 Å². The summed E-state index contributed by atoms with van der Waals surface area (Å²) in [7, 11) is 3.69. The van der Waals surface area contributed by atoms with E-state index in [0.717, 1.165) is 63.3 Å². The number of nitrogens with one attached hydrogen (secondary N) is 2. The molecule has 1 aliphatic carbocycles. The molecule has 1 aliphatic rings. The molecule has 0 unspecified atom stereocenters. The molecule has 0 spiro atoms. The highest BCUT2D eigenvalue weighted by Gasteiger charge is 2.41. The van der Waals surface area contributed by atoms with Crippen molar-refractivity contribution < 1.29 is 4.79 Å². The lowest BCUT2D eigenvalue weighted by Crippen LogP contribution is -2.43. The molecule has 0 aromatic carbocycles. The summed E-state index contributed by atoms with van der Waals surface area (Å²) in [5.41, 5.74) is 0.782. The van der Waals surface area contributed by atoms with Crippen LogP contribution in [-0.4, -0.2) is 55.5 Å². The monoisotopic (exact) mass is 379 g/mol. The van der Waals surface area contributed by atoms with Gasteiger partial charge in [0.1, 0.15) is 0 Å². The van der Waals surface area contributed by atoms with Gasteiger partial charge in [0.2, 0.25) is 5.91 Å². The third kappa shape index (κ3) is 5.69. The van der Waals surface area contributed by atoms with Gasteiger partial charge in [0, 0.05) is 44.7 Å². The molecule has 0 bridgehead atoms. The number of nitrogens with zero attached hydrogens (tertiary/aromatic N) is 3. The molecule has 1 fully saturated rings. The van der Waals surface area contributed by atoms with Gasteiger partial charge in [0.25, 0.3) is 0 Å². The van der Waals surface area contributed by atoms with E-state index < -0.39 is 0 Å². The quantitative estimate of drug-likeness (QED) is 0.414. The summed E-state index contributed by atoms with van der Waals surface area (Å²) in [5, 5.41) is 9.98. The van der Waals surface area contributed by atoms with Gasteiger partial charge in [-0.2, -0.15) is 0 Å². The van der Waals surface area contributed by atoms with E-state index in [2.05, 4.69) is 27.9 Å². The van der Waals surface area contributed by atoms with Crippen molar-refractivity contribution in [2.45, 2.75) is 52.4 Å². The van der Waals surface area contributed by atoms with E-state index in [1.165, 1.54) is 5.01 Å². The molecule has 1 heterocycles. The van der Waals surface area contributed by atoms with Gasteiger partial charge in [-0.05, 0) is 33.1 Å². The molecule has 0 atom stereocenters. The summed E-state index contributed by atoms with van der Waals surface area (Å²) < 4.78 is 0. The lowest BCUT2D eigenvalue weighted by Gasteiger charge is -2.29. The number of carbonyl (C=O) groups is 1. The van der Waals surface area contributed by atoms with Crippen molar-refractivity contribution in [3.63, 3.8) is 0 Å². The molecule has 6 nitrogen and oxygen atoms in total. The zero-order chi connectivity index (χ0) is 19.0. The molecule has 0 radical (unpaired) electrons. The highest BCUT2D eigenvalue weighted by atomic mass is 32.1. The number of hydrogen-bond acceptors (Lipinski definition) is 4. The van der Waals surface area contributed by atoms with Crippen molar-refractivity contribution in [3.05, 3.63) is 16.1 Å². The molecule has 1 saturated carbocycles. The number of aliphatic imine (C=N–C) groups is 1. The van der Waals surface area contributed by atoms with E-state index in [1.807, 2.05) is 21.0 Å². The van der Waals surface area contributed by atoms with Crippen LogP contribution in [0.3, 0.4) is 0 Å². The van der Waals surface area contributed by atoms with Crippen LogP contribution in [0.4, 0.5) is 0 Å². The van der Waals surface area contributed by atoms with E-state index in [4.69, 9.17) is 4.99 Å². The summed E-state index contributed by atoms with van der Waals surface area (Å²) in [5.74, 6) is 1.02. The van der Waals surface area contributed by atoms with Crippen LogP contribution in [0.2, 0.25) is 0 Å². The number of thiazole rings is 1. The van der Waals surface area contributed by atoms with Crippen molar-refractivity contribution in [1.29, 1.82) is 0 Å². The maximum absolute atomic E-state index is 12.7. The van der Waals surface area contributed by atoms with Gasteiger partial charge in [-0.25, -0.2) is 4.98 Å². The molecule has 2 rings (SSSR count). The maximum Gasteiger partial charge on any atom is 0.230 e. The molecule has 1 aromatic heterocycles. The first-order chi connectivity index (χ1) is 12.5. The number of rotatable bonds is 8. The number of hydrogen-bond donors (Lipinski definition) is 2. The van der Waals surface area contributed by atoms with Crippen LogP contribution in [0.5, 0.6) is 0 Å². The van der Waals surface area contributed by atoms with Crippen LogP contribution in [0.25, 0.3) is 0 Å². The van der Waals surface area contributed by atoms with Gasteiger partial charge in [-0.15, -0.1) is 11.3 Å². The van der Waals surface area contributed by atoms with Crippen molar-refractivity contribution >= 4 is 23.2 Å². The Hall–Kier alpha value is -1.63. The predicted molar refractivity (Wildman–Crippen MR) is 109 cm³/mol. The van der Waals surface area contributed by atoms with Gasteiger partial charge < -0.3 is 15.5 Å². The Labute approximate surface area is 161 Å². The molecule has 1 aromatic rings. The molecule has 0 aliphatic heterocycles. The van der Waals surface area contributed by atoms with Crippen LogP contribution in [0.1, 0.15) is 49.7 Å². The highest BCUT2D eigenvalue weighted by molar-refractivity contribution is 7.09. The van der Waals surface area contributed by atoms with Crippen molar-refractivity contribution in [2.75, 3.05) is 33.7 Å². The molecule has 1 amide bonds. The highest BCUT2D eigenvalue weighted by Crippen LogP contribution is 2.39. The first-order valence-electron chi connectivity index (χ1n) is 9.62. The van der Waals surface area contributed by atoms with Gasteiger partial charge in [0.05, 0.1) is 17.0 Å². The van der Waals surface area contributed by atoms with E-state index in [1.54, 1.807) is 16.2 Å². The Morgan fingerprint density at radius 3 is 2.65 bits per heavy atom. The Bertz CT molecular complexity index is 605. The number of amides is 1. The largest absolute Gasteiger partial charge is 0.357 e. The van der Waals surface area contributed by atoms with Crippen molar-refractivity contribution in [3.8, 4) is 0 Å². The molecule has 7 heteroatoms. The summed E-state index contributed by atoms with van der Waals surface area (Å²) in [6, 6.07) is 0. The fourth-order valence-electron chi connectivity index (χ4n) is 3.50. The lowest BCUT2D eigenvalue weighted by atomic mass is 9.85. The third-order valence-corrected chi connectivity index (χ3v) is 5.86. The minimum absolute atomic E-state index is 0.216. The average Bonchev–Trinajstić information content (AvgIpc) is 3.25. The van der Waals surface area contributed by atoms with E-state index in [-0.39, 0.29) is 11.3 Å². The Kier molecular flexibility index (Phi) is 7.87. The van der Waals surface area contributed by atoms with Gasteiger partial charge in [-0.1, -0.05) is 12.8 Å². The molecule has 146 valence electrons. The van der Waals surface area contributed by atoms with Crippen molar-refractivity contribution in [2.24, 2.45) is 10.4 Å². The van der Waals surface area contributed by atoms with Crippen LogP contribution >= 0.6 is 11.3 Å². The normalized spacial score (nSPS) is 16.5. The van der Waals surface area contributed by atoms with Crippen LogP contribution in [0.15, 0.2) is 10.4 Å². The maximum atomic E-state index is 12.7.